The van der Waals surface area contributed by atoms with Gasteiger partial charge in [-0.2, -0.15) is 0 Å². The molecule has 2 atom stereocenters. The molecule has 0 aromatic carbocycles. The van der Waals surface area contributed by atoms with E-state index in [0.717, 1.165) is 18.1 Å². The number of aliphatic imine (C=N–C) groups is 1. The molecule has 1 rings (SSSR count). The zero-order chi connectivity index (χ0) is 10.6. The molecule has 1 heterocycles. The van der Waals surface area contributed by atoms with Gasteiger partial charge in [0.1, 0.15) is 6.04 Å². The van der Waals surface area contributed by atoms with E-state index in [-0.39, 0.29) is 12.0 Å². The van der Waals surface area contributed by atoms with Gasteiger partial charge >= 0.3 is 5.97 Å². The van der Waals surface area contributed by atoms with Crippen molar-refractivity contribution in [2.75, 3.05) is 13.7 Å². The fourth-order valence-corrected chi connectivity index (χ4v) is 2.16. The molecule has 5 heteroatoms. The molecular weight excluding hydrogens is 200 g/mol. The topological polar surface area (TPSA) is 50.7 Å². The van der Waals surface area contributed by atoms with Gasteiger partial charge in [-0.1, -0.05) is 18.7 Å². The van der Waals surface area contributed by atoms with E-state index < -0.39 is 0 Å². The van der Waals surface area contributed by atoms with E-state index in [1.807, 2.05) is 0 Å². The van der Waals surface area contributed by atoms with Crippen LogP contribution in [0.4, 0.5) is 0 Å². The van der Waals surface area contributed by atoms with E-state index in [9.17, 15) is 4.79 Å². The molecule has 0 bridgehead atoms. The monoisotopic (exact) mass is 216 g/mol. The normalized spacial score (nSPS) is 22.8. The summed E-state index contributed by atoms with van der Waals surface area (Å²) in [5, 5.41) is 4.45. The summed E-state index contributed by atoms with van der Waals surface area (Å²) in [6.45, 7) is 4.76. The second-order valence-corrected chi connectivity index (χ2v) is 4.47. The number of nitrogens with one attached hydrogen (secondary N) is 1. The van der Waals surface area contributed by atoms with E-state index in [1.165, 1.54) is 7.11 Å². The van der Waals surface area contributed by atoms with Gasteiger partial charge in [-0.3, -0.25) is 4.99 Å². The Morgan fingerprint density at radius 1 is 1.86 bits per heavy atom. The first-order chi connectivity index (χ1) is 6.67. The fraction of sp³-hybridized carbons (Fsp3) is 0.778. The van der Waals surface area contributed by atoms with Gasteiger partial charge in [0.05, 0.1) is 13.7 Å². The smallest absolute Gasteiger partial charge is 0.328 e. The van der Waals surface area contributed by atoms with E-state index in [0.29, 0.717) is 5.25 Å². The van der Waals surface area contributed by atoms with Crippen molar-refractivity contribution in [3.05, 3.63) is 0 Å². The molecule has 0 spiro atoms. The molecule has 1 N–H and O–H groups in total. The van der Waals surface area contributed by atoms with Gasteiger partial charge < -0.3 is 10.1 Å². The lowest BCUT2D eigenvalue weighted by Gasteiger charge is -2.12. The number of carbonyl (C=O) groups excluding carboxylic acids is 1. The maximum atomic E-state index is 11.1. The van der Waals surface area contributed by atoms with E-state index in [2.05, 4.69) is 22.0 Å². The Balaban J connectivity index is 2.35. The first-order valence-electron chi connectivity index (χ1n) is 4.72. The molecule has 0 aliphatic carbocycles. The van der Waals surface area contributed by atoms with Crippen LogP contribution in [0.2, 0.25) is 0 Å². The Bertz CT molecular complexity index is 243. The average Bonchev–Trinajstić information content (AvgIpc) is 2.64. The predicted molar refractivity (Wildman–Crippen MR) is 58.6 cm³/mol. The Morgan fingerprint density at radius 3 is 3.07 bits per heavy atom. The zero-order valence-corrected chi connectivity index (χ0v) is 9.56. The largest absolute Gasteiger partial charge is 0.467 e. The first-order valence-corrected chi connectivity index (χ1v) is 5.60. The highest BCUT2D eigenvalue weighted by Gasteiger charge is 2.21. The Morgan fingerprint density at radius 2 is 2.57 bits per heavy atom. The van der Waals surface area contributed by atoms with Crippen molar-refractivity contribution in [1.82, 2.24) is 5.32 Å². The minimum atomic E-state index is -0.318. The highest BCUT2D eigenvalue weighted by atomic mass is 32.2. The van der Waals surface area contributed by atoms with Crippen LogP contribution in [0.3, 0.4) is 0 Å². The second kappa shape index (κ2) is 5.24. The van der Waals surface area contributed by atoms with Crippen molar-refractivity contribution in [1.29, 1.82) is 0 Å². The van der Waals surface area contributed by atoms with Crippen LogP contribution in [0.25, 0.3) is 0 Å². The molecule has 1 aliphatic heterocycles. The summed E-state index contributed by atoms with van der Waals surface area (Å²) in [7, 11) is 1.39. The molecule has 2 unspecified atom stereocenters. The first kappa shape index (κ1) is 11.4. The van der Waals surface area contributed by atoms with Gasteiger partial charge in [0.15, 0.2) is 5.17 Å². The number of methoxy groups -OCH3 is 1. The van der Waals surface area contributed by atoms with Crippen molar-refractivity contribution >= 4 is 22.9 Å². The Hall–Kier alpha value is -0.710. The third-order valence-corrected chi connectivity index (χ3v) is 3.35. The van der Waals surface area contributed by atoms with Crippen LogP contribution < -0.4 is 5.32 Å². The van der Waals surface area contributed by atoms with Crippen LogP contribution in [0, 0.1) is 0 Å². The molecule has 0 fully saturated rings. The summed E-state index contributed by atoms with van der Waals surface area (Å²) in [6.07, 6.45) is 1.10. The quantitative estimate of drug-likeness (QED) is 0.716. The minimum absolute atomic E-state index is 0.256. The molecule has 0 radical (unpaired) electrons. The number of esters is 1. The van der Waals surface area contributed by atoms with Crippen LogP contribution in [0.1, 0.15) is 20.3 Å². The summed E-state index contributed by atoms with van der Waals surface area (Å²) in [5.41, 5.74) is 0. The fourth-order valence-electron chi connectivity index (χ4n) is 1.13. The number of hydrogen-bond acceptors (Lipinski definition) is 5. The van der Waals surface area contributed by atoms with Crippen LogP contribution in [-0.4, -0.2) is 36.1 Å². The number of thioether (sulfide) groups is 1. The van der Waals surface area contributed by atoms with Crippen molar-refractivity contribution < 1.29 is 9.53 Å². The molecule has 14 heavy (non-hydrogen) atoms. The summed E-state index contributed by atoms with van der Waals surface area (Å²) < 4.78 is 4.61. The summed E-state index contributed by atoms with van der Waals surface area (Å²) in [4.78, 5) is 15.4. The number of rotatable bonds is 3. The van der Waals surface area contributed by atoms with Gasteiger partial charge in [-0.25, -0.2) is 4.79 Å². The number of hydrogen-bond donors (Lipinski definition) is 1. The molecule has 80 valence electrons. The molecule has 0 saturated carbocycles. The third-order valence-electron chi connectivity index (χ3n) is 2.07. The number of carbonyl (C=O) groups is 1. The Kier molecular flexibility index (Phi) is 4.25. The van der Waals surface area contributed by atoms with Gasteiger partial charge in [0, 0.05) is 5.25 Å². The predicted octanol–water partition coefficient (Wildman–Crippen LogP) is 1.02. The maximum absolute atomic E-state index is 11.1. The van der Waals surface area contributed by atoms with Crippen molar-refractivity contribution in [3.63, 3.8) is 0 Å². The molecule has 0 aromatic rings. The Labute approximate surface area is 88.5 Å². The van der Waals surface area contributed by atoms with Gasteiger partial charge in [0.2, 0.25) is 0 Å². The highest BCUT2D eigenvalue weighted by molar-refractivity contribution is 8.14. The maximum Gasteiger partial charge on any atom is 0.328 e. The number of nitrogens with zero attached hydrogens (tertiary/aromatic N) is 1. The molecule has 0 aromatic heterocycles. The highest BCUT2D eigenvalue weighted by Crippen LogP contribution is 2.22. The lowest BCUT2D eigenvalue weighted by Crippen LogP contribution is -2.37. The van der Waals surface area contributed by atoms with E-state index in [1.54, 1.807) is 18.7 Å². The van der Waals surface area contributed by atoms with Crippen LogP contribution >= 0.6 is 11.8 Å². The molecule has 0 saturated heterocycles. The number of ether oxygens (including phenoxy) is 1. The zero-order valence-electron chi connectivity index (χ0n) is 8.74. The summed E-state index contributed by atoms with van der Waals surface area (Å²) >= 11 is 1.70. The summed E-state index contributed by atoms with van der Waals surface area (Å²) in [5.74, 6) is -0.256. The van der Waals surface area contributed by atoms with E-state index >= 15 is 0 Å². The second-order valence-electron chi connectivity index (χ2n) is 3.18. The SMILES string of the molecule is CCC1CN=C(NC(C)C(=O)OC)S1. The molecule has 1 aliphatic rings. The molecular formula is C9H16N2O2S. The number of amidine groups is 1. The van der Waals surface area contributed by atoms with Crippen molar-refractivity contribution in [2.24, 2.45) is 4.99 Å². The van der Waals surface area contributed by atoms with Crippen LogP contribution in [0.15, 0.2) is 4.99 Å². The summed E-state index contributed by atoms with van der Waals surface area (Å²) in [6, 6.07) is -0.318. The third kappa shape index (κ3) is 2.90. The van der Waals surface area contributed by atoms with E-state index in [4.69, 9.17) is 0 Å². The van der Waals surface area contributed by atoms with Crippen molar-refractivity contribution in [3.8, 4) is 0 Å². The lowest BCUT2D eigenvalue weighted by atomic mass is 10.3. The van der Waals surface area contributed by atoms with Crippen molar-refractivity contribution in [2.45, 2.75) is 31.6 Å². The average molecular weight is 216 g/mol. The molecule has 4 nitrogen and oxygen atoms in total. The van der Waals surface area contributed by atoms with Gasteiger partial charge in [-0.05, 0) is 13.3 Å². The molecule has 0 amide bonds. The minimum Gasteiger partial charge on any atom is -0.467 e. The van der Waals surface area contributed by atoms with Crippen LogP contribution in [-0.2, 0) is 9.53 Å². The lowest BCUT2D eigenvalue weighted by molar-refractivity contribution is -0.142. The van der Waals surface area contributed by atoms with Crippen LogP contribution in [0.5, 0.6) is 0 Å². The van der Waals surface area contributed by atoms with Gasteiger partial charge in [-0.15, -0.1) is 0 Å². The standard InChI is InChI=1S/C9H16N2O2S/c1-4-7-5-10-9(14-7)11-6(2)8(12)13-3/h6-7H,4-5H2,1-3H3,(H,10,11). The van der Waals surface area contributed by atoms with Gasteiger partial charge in [0.25, 0.3) is 0 Å².